The van der Waals surface area contributed by atoms with Crippen LogP contribution < -0.4 is 15.3 Å². The number of phenolic OH excluding ortho intramolecular Hbond substituents is 1. The number of aryl methyl sites for hydroxylation is 1. The van der Waals surface area contributed by atoms with Crippen molar-refractivity contribution in [3.63, 3.8) is 0 Å². The highest BCUT2D eigenvalue weighted by Crippen LogP contribution is 2.42. The summed E-state index contributed by atoms with van der Waals surface area (Å²) in [4.78, 5) is 27.6. The average Bonchev–Trinajstić information content (AvgIpc) is 3.45. The number of rotatable bonds is 6. The van der Waals surface area contributed by atoms with E-state index in [0.29, 0.717) is 48.2 Å². The summed E-state index contributed by atoms with van der Waals surface area (Å²) in [5.74, 6) is 2.08. The maximum atomic E-state index is 14.9. The Hall–Kier alpha value is -4.27. The van der Waals surface area contributed by atoms with E-state index in [1.807, 2.05) is 4.90 Å². The van der Waals surface area contributed by atoms with Crippen molar-refractivity contribution in [3.8, 4) is 35.4 Å². The Labute approximate surface area is 264 Å². The average molecular weight is 631 g/mol. The van der Waals surface area contributed by atoms with Crippen LogP contribution in [-0.4, -0.2) is 76.2 Å². The van der Waals surface area contributed by atoms with Gasteiger partial charge in [-0.2, -0.15) is 9.97 Å². The third kappa shape index (κ3) is 5.13. The molecule has 3 atom stereocenters. The smallest absolute Gasteiger partial charge is 0.349 e. The lowest BCUT2D eigenvalue weighted by molar-refractivity contribution is 0.107. The van der Waals surface area contributed by atoms with Gasteiger partial charge in [0.2, 0.25) is 0 Å². The molecule has 3 saturated heterocycles. The molecule has 0 spiro atoms. The molecule has 3 fully saturated rings. The van der Waals surface area contributed by atoms with Gasteiger partial charge in [-0.3, -0.25) is 4.90 Å². The minimum absolute atomic E-state index is 0.00204. The highest BCUT2D eigenvalue weighted by atomic mass is 19.1. The van der Waals surface area contributed by atoms with Gasteiger partial charge in [0.1, 0.15) is 35.5 Å². The first-order valence-corrected chi connectivity index (χ1v) is 15.9. The summed E-state index contributed by atoms with van der Waals surface area (Å²) >= 11 is 0. The molecule has 0 saturated carbocycles. The molecular weight excluding hydrogens is 594 g/mol. The summed E-state index contributed by atoms with van der Waals surface area (Å²) in [6.45, 7) is 4.20. The Balaban J connectivity index is 1.42. The summed E-state index contributed by atoms with van der Waals surface area (Å²) in [5, 5.41) is 21.6. The Kier molecular flexibility index (Phi) is 7.81. The topological polar surface area (TPSA) is 112 Å². The number of phenols is 1. The minimum atomic E-state index is -0.922. The summed E-state index contributed by atoms with van der Waals surface area (Å²) < 4.78 is 41.7. The minimum Gasteiger partial charge on any atom is -0.508 e. The third-order valence-electron chi connectivity index (χ3n) is 9.96. The largest absolute Gasteiger partial charge is 0.508 e. The maximum absolute atomic E-state index is 14.9. The molecule has 3 aliphatic heterocycles. The van der Waals surface area contributed by atoms with Crippen molar-refractivity contribution in [2.45, 2.75) is 57.2 Å². The standard InChI is InChI=1S/C35H36F2N4O5/c1-3-25-27(37)9-8-22-13-24(43)14-26(28(22)25)31-20(2)30-29(33(44)46-31)32(40-11-5-4-7-21(16-40)18-42)39-34(38-30)45-19-35-10-6-12-41(35)17-23(36)15-35/h1,8-9,13-14,21,23,42-43H,4-7,10-12,15-19H2,2H3/t21-,23+,35?/m0/s1. The van der Waals surface area contributed by atoms with E-state index in [4.69, 9.17) is 25.5 Å². The van der Waals surface area contributed by atoms with Crippen molar-refractivity contribution in [2.75, 3.05) is 44.3 Å². The van der Waals surface area contributed by atoms with E-state index in [-0.39, 0.29) is 58.7 Å². The van der Waals surface area contributed by atoms with Crippen LogP contribution in [0.1, 0.15) is 49.7 Å². The van der Waals surface area contributed by atoms with Gasteiger partial charge in [-0.05, 0) is 68.7 Å². The predicted octanol–water partition coefficient (Wildman–Crippen LogP) is 5.09. The second-order valence-corrected chi connectivity index (χ2v) is 12.9. The lowest BCUT2D eigenvalue weighted by Crippen LogP contribution is -2.43. The molecule has 7 rings (SSSR count). The number of terminal acetylenes is 1. The fourth-order valence-electron chi connectivity index (χ4n) is 7.73. The molecule has 0 bridgehead atoms. The van der Waals surface area contributed by atoms with Crippen LogP contribution >= 0.6 is 0 Å². The molecule has 1 unspecified atom stereocenters. The Morgan fingerprint density at radius 1 is 1.17 bits per heavy atom. The molecular formula is C35H36F2N4O5. The number of ether oxygens (including phenoxy) is 1. The highest BCUT2D eigenvalue weighted by Gasteiger charge is 2.49. The predicted molar refractivity (Wildman–Crippen MR) is 170 cm³/mol. The molecule has 3 aliphatic rings. The van der Waals surface area contributed by atoms with Crippen LogP contribution in [0.5, 0.6) is 11.8 Å². The van der Waals surface area contributed by atoms with Gasteiger partial charge in [0, 0.05) is 49.2 Å². The molecule has 2 aromatic carbocycles. The van der Waals surface area contributed by atoms with Crippen LogP contribution in [0, 0.1) is 31.0 Å². The third-order valence-corrected chi connectivity index (χ3v) is 9.96. The van der Waals surface area contributed by atoms with Gasteiger partial charge >= 0.3 is 11.6 Å². The number of anilines is 1. The second-order valence-electron chi connectivity index (χ2n) is 12.9. The first-order valence-electron chi connectivity index (χ1n) is 15.9. The van der Waals surface area contributed by atoms with Crippen LogP contribution in [0.2, 0.25) is 0 Å². The number of aliphatic hydroxyl groups excluding tert-OH is 1. The first-order chi connectivity index (χ1) is 22.2. The first kappa shape index (κ1) is 30.4. The van der Waals surface area contributed by atoms with Crippen LogP contribution in [-0.2, 0) is 0 Å². The number of halogens is 2. The summed E-state index contributed by atoms with van der Waals surface area (Å²) in [6, 6.07) is 5.64. The molecule has 9 nitrogen and oxygen atoms in total. The SMILES string of the molecule is C#Cc1c(F)ccc2cc(O)cc(-c3oc(=O)c4c(N5CCCC[C@H](CO)C5)nc(OCC56CCCN5C[C@H](F)C6)nc4c3C)c12. The number of hydrogen-bond acceptors (Lipinski definition) is 9. The van der Waals surface area contributed by atoms with Crippen molar-refractivity contribution in [1.82, 2.24) is 14.9 Å². The number of aromatic nitrogens is 2. The van der Waals surface area contributed by atoms with Gasteiger partial charge in [-0.15, -0.1) is 6.42 Å². The van der Waals surface area contributed by atoms with Gasteiger partial charge in [0.05, 0.1) is 16.6 Å². The van der Waals surface area contributed by atoms with E-state index in [1.54, 1.807) is 6.92 Å². The number of hydrogen-bond donors (Lipinski definition) is 2. The van der Waals surface area contributed by atoms with Gasteiger partial charge in [-0.1, -0.05) is 18.4 Å². The van der Waals surface area contributed by atoms with Crippen molar-refractivity contribution >= 4 is 27.5 Å². The van der Waals surface area contributed by atoms with Crippen molar-refractivity contribution in [2.24, 2.45) is 5.92 Å². The zero-order chi connectivity index (χ0) is 32.2. The Bertz CT molecular complexity index is 1940. The van der Waals surface area contributed by atoms with E-state index >= 15 is 0 Å². The van der Waals surface area contributed by atoms with Gasteiger partial charge < -0.3 is 24.3 Å². The lowest BCUT2D eigenvalue weighted by Gasteiger charge is -2.31. The van der Waals surface area contributed by atoms with Crippen LogP contribution in [0.15, 0.2) is 33.5 Å². The number of nitrogens with zero attached hydrogens (tertiary/aromatic N) is 4. The van der Waals surface area contributed by atoms with Crippen molar-refractivity contribution in [1.29, 1.82) is 0 Å². The Morgan fingerprint density at radius 3 is 2.83 bits per heavy atom. The summed E-state index contributed by atoms with van der Waals surface area (Å²) in [7, 11) is 0. The number of aromatic hydroxyl groups is 1. The molecule has 240 valence electrons. The maximum Gasteiger partial charge on any atom is 0.349 e. The number of alkyl halides is 1. The van der Waals surface area contributed by atoms with E-state index < -0.39 is 23.2 Å². The molecule has 2 N–H and O–H groups in total. The number of aliphatic hydroxyl groups is 1. The Morgan fingerprint density at radius 2 is 2.02 bits per heavy atom. The van der Waals surface area contributed by atoms with E-state index in [1.165, 1.54) is 24.3 Å². The number of fused-ring (bicyclic) bond motifs is 3. The fraction of sp³-hybridized carbons (Fsp3) is 0.457. The van der Waals surface area contributed by atoms with Crippen LogP contribution in [0.25, 0.3) is 33.0 Å². The van der Waals surface area contributed by atoms with Crippen LogP contribution in [0.4, 0.5) is 14.6 Å². The quantitative estimate of drug-likeness (QED) is 0.282. The second kappa shape index (κ2) is 11.8. The molecule has 5 heterocycles. The molecule has 2 aromatic heterocycles. The molecule has 46 heavy (non-hydrogen) atoms. The van der Waals surface area contributed by atoms with Crippen molar-refractivity contribution in [3.05, 3.63) is 51.6 Å². The van der Waals surface area contributed by atoms with Crippen molar-refractivity contribution < 1.29 is 28.1 Å². The zero-order valence-corrected chi connectivity index (χ0v) is 25.7. The summed E-state index contributed by atoms with van der Waals surface area (Å²) in [6.07, 6.45) is 9.55. The molecule has 11 heteroatoms. The number of benzene rings is 2. The molecule has 0 radical (unpaired) electrons. The normalized spacial score (nSPS) is 23.5. The monoisotopic (exact) mass is 630 g/mol. The molecule has 4 aromatic rings. The van der Waals surface area contributed by atoms with E-state index in [9.17, 15) is 23.8 Å². The molecule has 0 aliphatic carbocycles. The van der Waals surface area contributed by atoms with Gasteiger partial charge in [0.15, 0.2) is 5.82 Å². The van der Waals surface area contributed by atoms with Gasteiger partial charge in [0.25, 0.3) is 0 Å². The lowest BCUT2D eigenvalue weighted by atomic mass is 9.95. The highest BCUT2D eigenvalue weighted by molar-refractivity contribution is 6.03. The zero-order valence-electron chi connectivity index (χ0n) is 25.7. The van der Waals surface area contributed by atoms with Gasteiger partial charge in [-0.25, -0.2) is 13.6 Å². The summed E-state index contributed by atoms with van der Waals surface area (Å²) in [5.41, 5.74) is -0.201. The van der Waals surface area contributed by atoms with E-state index in [2.05, 4.69) is 10.8 Å². The van der Waals surface area contributed by atoms with Crippen LogP contribution in [0.3, 0.4) is 0 Å². The fourth-order valence-corrected chi connectivity index (χ4v) is 7.73. The molecule has 0 amide bonds. The van der Waals surface area contributed by atoms with E-state index in [0.717, 1.165) is 38.6 Å².